The average Bonchev–Trinajstić information content (AvgIpc) is 3.13. The molecule has 1 saturated heterocycles. The van der Waals surface area contributed by atoms with E-state index in [0.29, 0.717) is 23.3 Å². The van der Waals surface area contributed by atoms with Crippen LogP contribution in [0.3, 0.4) is 0 Å². The molecule has 0 atom stereocenters. The summed E-state index contributed by atoms with van der Waals surface area (Å²) in [6, 6.07) is 6.04. The maximum absolute atomic E-state index is 13.3. The molecule has 0 saturated carbocycles. The maximum atomic E-state index is 13.3. The smallest absolute Gasteiger partial charge is 0.280 e. The minimum Gasteiger partial charge on any atom is -0.317 e. The van der Waals surface area contributed by atoms with Crippen LogP contribution in [-0.4, -0.2) is 40.5 Å². The molecule has 1 fully saturated rings. The van der Waals surface area contributed by atoms with Gasteiger partial charge in [-0.15, -0.1) is 5.10 Å². The summed E-state index contributed by atoms with van der Waals surface area (Å²) in [7, 11) is 0. The molecule has 2 aliphatic heterocycles. The van der Waals surface area contributed by atoms with Crippen molar-refractivity contribution < 1.29 is 4.79 Å². The highest BCUT2D eigenvalue weighted by molar-refractivity contribution is 6.32. The molecule has 2 aliphatic rings. The Hall–Kier alpha value is -1.92. The van der Waals surface area contributed by atoms with Crippen molar-refractivity contribution in [3.63, 3.8) is 0 Å². The van der Waals surface area contributed by atoms with Crippen molar-refractivity contribution >= 4 is 23.2 Å². The van der Waals surface area contributed by atoms with Crippen molar-refractivity contribution in [1.82, 2.24) is 20.3 Å². The first-order valence-corrected chi connectivity index (χ1v) is 9.51. The number of fused-ring (bicyclic) bond motifs is 1. The summed E-state index contributed by atoms with van der Waals surface area (Å²) in [6.45, 7) is 8.70. The van der Waals surface area contributed by atoms with Crippen molar-refractivity contribution in [3.8, 4) is 0 Å². The van der Waals surface area contributed by atoms with Gasteiger partial charge in [0.05, 0.1) is 11.7 Å². The van der Waals surface area contributed by atoms with Gasteiger partial charge in [-0.3, -0.25) is 4.79 Å². The van der Waals surface area contributed by atoms with Gasteiger partial charge in [-0.2, -0.15) is 0 Å². The van der Waals surface area contributed by atoms with Crippen molar-refractivity contribution in [2.24, 2.45) is 0 Å². The zero-order valence-corrected chi connectivity index (χ0v) is 16.2. The fourth-order valence-electron chi connectivity index (χ4n) is 4.21. The van der Waals surface area contributed by atoms with Gasteiger partial charge in [-0.05, 0) is 45.0 Å². The molecule has 0 spiro atoms. The molecule has 1 aromatic carbocycles. The third kappa shape index (κ3) is 2.72. The van der Waals surface area contributed by atoms with Crippen LogP contribution in [0.5, 0.6) is 0 Å². The number of aromatic nitrogens is 3. The highest BCUT2D eigenvalue weighted by atomic mass is 35.5. The number of nitrogens with zero attached hydrogens (tertiary/aromatic N) is 4. The van der Waals surface area contributed by atoms with E-state index in [1.165, 1.54) is 0 Å². The number of anilines is 1. The van der Waals surface area contributed by atoms with Gasteiger partial charge in [0.1, 0.15) is 0 Å². The Balaban J connectivity index is 1.68. The lowest BCUT2D eigenvalue weighted by molar-refractivity contribution is 0.0980. The second-order valence-corrected chi connectivity index (χ2v) is 8.27. The molecule has 4 rings (SSSR count). The Morgan fingerprint density at radius 1 is 1.31 bits per heavy atom. The monoisotopic (exact) mass is 373 g/mol. The summed E-state index contributed by atoms with van der Waals surface area (Å²) < 4.78 is 1.92. The van der Waals surface area contributed by atoms with E-state index in [4.69, 9.17) is 11.6 Å². The number of carbonyl (C=O) groups is 1. The number of benzene rings is 1. The van der Waals surface area contributed by atoms with E-state index in [0.717, 1.165) is 42.9 Å². The zero-order chi connectivity index (χ0) is 18.5. The van der Waals surface area contributed by atoms with Gasteiger partial charge in [0, 0.05) is 28.2 Å². The summed E-state index contributed by atoms with van der Waals surface area (Å²) in [5.41, 5.74) is 2.99. The Morgan fingerprint density at radius 3 is 2.77 bits per heavy atom. The second-order valence-electron chi connectivity index (χ2n) is 7.86. The SMILES string of the molecule is Cc1c(C(=O)N2CC(C)(C)c3c(Cl)cccc32)nnn1C1CCNCC1. The van der Waals surface area contributed by atoms with E-state index in [1.807, 2.05) is 29.8 Å². The highest BCUT2D eigenvalue weighted by Crippen LogP contribution is 2.44. The Kier molecular flexibility index (Phi) is 4.28. The van der Waals surface area contributed by atoms with Crippen molar-refractivity contribution in [3.05, 3.63) is 40.2 Å². The predicted octanol–water partition coefficient (Wildman–Crippen LogP) is 3.10. The van der Waals surface area contributed by atoms with E-state index >= 15 is 0 Å². The molecule has 1 amide bonds. The van der Waals surface area contributed by atoms with Crippen LogP contribution in [0.1, 0.15) is 54.5 Å². The first-order valence-electron chi connectivity index (χ1n) is 9.13. The summed E-state index contributed by atoms with van der Waals surface area (Å²) in [5.74, 6) is -0.100. The van der Waals surface area contributed by atoms with Crippen LogP contribution in [0.2, 0.25) is 5.02 Å². The molecular weight excluding hydrogens is 350 g/mol. The molecule has 0 aliphatic carbocycles. The lowest BCUT2D eigenvalue weighted by atomic mass is 9.87. The fraction of sp³-hybridized carbons (Fsp3) is 0.526. The standard InChI is InChI=1S/C19H24ClN5O/c1-12-17(22-23-25(12)13-7-9-21-10-8-13)18(26)24-11-19(2,3)16-14(20)5-4-6-15(16)24/h4-6,13,21H,7-11H2,1-3H3. The van der Waals surface area contributed by atoms with Crippen molar-refractivity contribution in [2.75, 3.05) is 24.5 Å². The van der Waals surface area contributed by atoms with Gasteiger partial charge in [-0.1, -0.05) is 36.7 Å². The molecule has 0 unspecified atom stereocenters. The number of hydrogen-bond acceptors (Lipinski definition) is 4. The van der Waals surface area contributed by atoms with Crippen LogP contribution in [0.4, 0.5) is 5.69 Å². The number of rotatable bonds is 2. The first kappa shape index (κ1) is 17.5. The molecule has 138 valence electrons. The predicted molar refractivity (Wildman–Crippen MR) is 102 cm³/mol. The molecule has 26 heavy (non-hydrogen) atoms. The summed E-state index contributed by atoms with van der Waals surface area (Å²) in [5, 5.41) is 12.6. The van der Waals surface area contributed by atoms with E-state index in [1.54, 1.807) is 4.90 Å². The van der Waals surface area contributed by atoms with Crippen LogP contribution in [-0.2, 0) is 5.41 Å². The largest absolute Gasteiger partial charge is 0.317 e. The van der Waals surface area contributed by atoms with Crippen LogP contribution < -0.4 is 10.2 Å². The van der Waals surface area contributed by atoms with Crippen LogP contribution in [0, 0.1) is 6.92 Å². The lowest BCUT2D eigenvalue weighted by Crippen LogP contribution is -2.34. The minimum atomic E-state index is -0.192. The summed E-state index contributed by atoms with van der Waals surface area (Å²) in [6.07, 6.45) is 2.01. The molecule has 0 bridgehead atoms. The Bertz CT molecular complexity index is 854. The van der Waals surface area contributed by atoms with Gasteiger partial charge in [0.2, 0.25) is 0 Å². The van der Waals surface area contributed by atoms with E-state index in [-0.39, 0.29) is 11.3 Å². The number of nitrogens with one attached hydrogen (secondary N) is 1. The number of amides is 1. The minimum absolute atomic E-state index is 0.100. The lowest BCUT2D eigenvalue weighted by Gasteiger charge is -2.23. The maximum Gasteiger partial charge on any atom is 0.280 e. The first-order chi connectivity index (χ1) is 12.4. The molecule has 1 N–H and O–H groups in total. The molecule has 0 radical (unpaired) electrons. The van der Waals surface area contributed by atoms with Crippen molar-refractivity contribution in [2.45, 2.75) is 45.1 Å². The number of halogens is 1. The van der Waals surface area contributed by atoms with E-state index in [2.05, 4.69) is 29.5 Å². The summed E-state index contributed by atoms with van der Waals surface area (Å²) >= 11 is 6.43. The summed E-state index contributed by atoms with van der Waals surface area (Å²) in [4.78, 5) is 15.1. The highest BCUT2D eigenvalue weighted by Gasteiger charge is 2.41. The van der Waals surface area contributed by atoms with Crippen LogP contribution in [0.25, 0.3) is 0 Å². The van der Waals surface area contributed by atoms with Gasteiger partial charge in [0.15, 0.2) is 5.69 Å². The topological polar surface area (TPSA) is 63.1 Å². The molecular formula is C19H24ClN5O. The third-order valence-corrected chi connectivity index (χ3v) is 5.86. The number of piperidine rings is 1. The molecule has 1 aromatic heterocycles. The second kappa shape index (κ2) is 6.35. The van der Waals surface area contributed by atoms with Gasteiger partial charge in [0.25, 0.3) is 5.91 Å². The van der Waals surface area contributed by atoms with Gasteiger partial charge < -0.3 is 10.2 Å². The average molecular weight is 374 g/mol. The Morgan fingerprint density at radius 2 is 2.04 bits per heavy atom. The molecule has 7 heteroatoms. The van der Waals surface area contributed by atoms with Crippen LogP contribution in [0.15, 0.2) is 18.2 Å². The van der Waals surface area contributed by atoms with Crippen LogP contribution >= 0.6 is 11.6 Å². The van der Waals surface area contributed by atoms with E-state index < -0.39 is 0 Å². The van der Waals surface area contributed by atoms with Crippen molar-refractivity contribution in [1.29, 1.82) is 0 Å². The Labute approximate surface area is 158 Å². The fourth-order valence-corrected chi connectivity index (χ4v) is 4.64. The number of carbonyl (C=O) groups excluding carboxylic acids is 1. The molecule has 2 aromatic rings. The zero-order valence-electron chi connectivity index (χ0n) is 15.4. The number of hydrogen-bond donors (Lipinski definition) is 1. The molecule has 3 heterocycles. The van der Waals surface area contributed by atoms with Gasteiger partial charge >= 0.3 is 0 Å². The normalized spacial score (nSPS) is 19.6. The third-order valence-electron chi connectivity index (χ3n) is 5.54. The van der Waals surface area contributed by atoms with Gasteiger partial charge in [-0.25, -0.2) is 4.68 Å². The van der Waals surface area contributed by atoms with E-state index in [9.17, 15) is 4.79 Å². The quantitative estimate of drug-likeness (QED) is 0.878. The molecule has 6 nitrogen and oxygen atoms in total.